The molecule has 2 aromatic heterocycles. The second-order valence-electron chi connectivity index (χ2n) is 4.37. The van der Waals surface area contributed by atoms with Crippen LogP contribution in [0.15, 0.2) is 29.2 Å². The number of oxazole rings is 1. The van der Waals surface area contributed by atoms with Gasteiger partial charge in [0, 0.05) is 17.5 Å². The Morgan fingerprint density at radius 1 is 1.37 bits per heavy atom. The summed E-state index contributed by atoms with van der Waals surface area (Å²) >= 11 is 6.43. The van der Waals surface area contributed by atoms with E-state index in [1.54, 1.807) is 12.4 Å². The number of pyridine rings is 1. The Hall–Kier alpha value is -1.61. The maximum Gasteiger partial charge on any atom is 0.228 e. The van der Waals surface area contributed by atoms with Gasteiger partial charge in [0.05, 0.1) is 16.8 Å². The number of rotatable bonds is 5. The van der Waals surface area contributed by atoms with Gasteiger partial charge in [0.25, 0.3) is 0 Å². The van der Waals surface area contributed by atoms with Crippen molar-refractivity contribution in [3.8, 4) is 11.5 Å². The standard InChI is InChI=1S/C15H17ClN2O/c1-3-4-5-6-7-12-11(2)18-10-13(14(12)16)15-17-8-9-19-15/h6-10H,3-5H2,1-2H3/b7-6-. The number of hydrogen-bond acceptors (Lipinski definition) is 3. The summed E-state index contributed by atoms with van der Waals surface area (Å²) in [6.07, 6.45) is 12.4. The van der Waals surface area contributed by atoms with Crippen LogP contribution in [-0.2, 0) is 0 Å². The highest BCUT2D eigenvalue weighted by atomic mass is 35.5. The Morgan fingerprint density at radius 2 is 2.21 bits per heavy atom. The Labute approximate surface area is 118 Å². The van der Waals surface area contributed by atoms with Crippen LogP contribution in [0.5, 0.6) is 0 Å². The molecule has 0 aromatic carbocycles. The monoisotopic (exact) mass is 276 g/mol. The summed E-state index contributed by atoms with van der Waals surface area (Å²) in [5, 5.41) is 0.641. The number of hydrogen-bond donors (Lipinski definition) is 0. The number of unbranched alkanes of at least 4 members (excludes halogenated alkanes) is 2. The van der Waals surface area contributed by atoms with Crippen molar-refractivity contribution in [3.63, 3.8) is 0 Å². The Morgan fingerprint density at radius 3 is 2.89 bits per heavy atom. The second kappa shape index (κ2) is 6.53. The molecule has 19 heavy (non-hydrogen) atoms. The van der Waals surface area contributed by atoms with Crippen molar-refractivity contribution < 1.29 is 4.42 Å². The molecule has 0 unspecified atom stereocenters. The lowest BCUT2D eigenvalue weighted by Crippen LogP contribution is -1.91. The van der Waals surface area contributed by atoms with Crippen LogP contribution in [0.1, 0.15) is 37.4 Å². The summed E-state index contributed by atoms with van der Waals surface area (Å²) < 4.78 is 5.28. The molecule has 100 valence electrons. The van der Waals surface area contributed by atoms with E-state index in [4.69, 9.17) is 16.0 Å². The first-order valence-electron chi connectivity index (χ1n) is 6.45. The normalized spacial score (nSPS) is 11.3. The first-order valence-corrected chi connectivity index (χ1v) is 6.83. The highest BCUT2D eigenvalue weighted by molar-refractivity contribution is 6.34. The molecule has 0 amide bonds. The zero-order valence-electron chi connectivity index (χ0n) is 11.2. The molecule has 0 bridgehead atoms. The van der Waals surface area contributed by atoms with Gasteiger partial charge in [-0.05, 0) is 13.3 Å². The Balaban J connectivity index is 2.32. The topological polar surface area (TPSA) is 38.9 Å². The van der Waals surface area contributed by atoms with Crippen LogP contribution >= 0.6 is 11.6 Å². The van der Waals surface area contributed by atoms with Crippen LogP contribution in [0.2, 0.25) is 5.02 Å². The first kappa shape index (κ1) is 13.8. The van der Waals surface area contributed by atoms with Crippen molar-refractivity contribution in [1.82, 2.24) is 9.97 Å². The van der Waals surface area contributed by atoms with Crippen LogP contribution in [0.3, 0.4) is 0 Å². The fourth-order valence-corrected chi connectivity index (χ4v) is 2.14. The smallest absolute Gasteiger partial charge is 0.228 e. The summed E-state index contributed by atoms with van der Waals surface area (Å²) in [5.41, 5.74) is 2.58. The van der Waals surface area contributed by atoms with Crippen LogP contribution in [0.4, 0.5) is 0 Å². The maximum atomic E-state index is 6.43. The number of halogens is 1. The van der Waals surface area contributed by atoms with Gasteiger partial charge in [0.15, 0.2) is 0 Å². The Kier molecular flexibility index (Phi) is 4.74. The third-order valence-electron chi connectivity index (χ3n) is 2.92. The average molecular weight is 277 g/mol. The van der Waals surface area contributed by atoms with Crippen molar-refractivity contribution in [3.05, 3.63) is 41.0 Å². The van der Waals surface area contributed by atoms with Crippen molar-refractivity contribution in [2.24, 2.45) is 0 Å². The van der Waals surface area contributed by atoms with E-state index >= 15 is 0 Å². The van der Waals surface area contributed by atoms with Gasteiger partial charge in [-0.1, -0.05) is 43.5 Å². The molecular formula is C15H17ClN2O. The first-order chi connectivity index (χ1) is 9.24. The van der Waals surface area contributed by atoms with Crippen LogP contribution < -0.4 is 0 Å². The number of nitrogens with zero attached hydrogens (tertiary/aromatic N) is 2. The predicted octanol–water partition coefficient (Wildman–Crippen LogP) is 4.90. The maximum absolute atomic E-state index is 6.43. The fourth-order valence-electron chi connectivity index (χ4n) is 1.81. The van der Waals surface area contributed by atoms with Gasteiger partial charge >= 0.3 is 0 Å². The predicted molar refractivity (Wildman–Crippen MR) is 78.0 cm³/mol. The van der Waals surface area contributed by atoms with E-state index in [0.717, 1.165) is 23.2 Å². The molecule has 0 saturated heterocycles. The highest BCUT2D eigenvalue weighted by Crippen LogP contribution is 2.31. The quantitative estimate of drug-likeness (QED) is 0.729. The minimum absolute atomic E-state index is 0.501. The summed E-state index contributed by atoms with van der Waals surface area (Å²) in [6.45, 7) is 4.13. The van der Waals surface area contributed by atoms with E-state index in [-0.39, 0.29) is 0 Å². The zero-order chi connectivity index (χ0) is 13.7. The van der Waals surface area contributed by atoms with E-state index in [1.165, 1.54) is 19.1 Å². The Bertz CT molecular complexity index is 562. The van der Waals surface area contributed by atoms with Gasteiger partial charge in [-0.3, -0.25) is 4.98 Å². The molecule has 4 heteroatoms. The minimum atomic E-state index is 0.501. The molecule has 0 N–H and O–H groups in total. The van der Waals surface area contributed by atoms with Gasteiger partial charge < -0.3 is 4.42 Å². The number of aryl methyl sites for hydroxylation is 1. The lowest BCUT2D eigenvalue weighted by atomic mass is 10.1. The summed E-state index contributed by atoms with van der Waals surface area (Å²) in [6, 6.07) is 0. The van der Waals surface area contributed by atoms with Crippen LogP contribution in [-0.4, -0.2) is 9.97 Å². The molecule has 0 radical (unpaired) electrons. The highest BCUT2D eigenvalue weighted by Gasteiger charge is 2.13. The van der Waals surface area contributed by atoms with Crippen molar-refractivity contribution in [2.75, 3.05) is 0 Å². The largest absolute Gasteiger partial charge is 0.444 e. The van der Waals surface area contributed by atoms with Gasteiger partial charge in [-0.2, -0.15) is 0 Å². The third kappa shape index (κ3) is 3.24. The molecule has 2 heterocycles. The van der Waals surface area contributed by atoms with E-state index in [2.05, 4.69) is 23.0 Å². The van der Waals surface area contributed by atoms with E-state index in [1.807, 2.05) is 13.0 Å². The summed E-state index contributed by atoms with van der Waals surface area (Å²) in [5.74, 6) is 0.501. The van der Waals surface area contributed by atoms with Crippen LogP contribution in [0, 0.1) is 6.92 Å². The molecule has 2 aromatic rings. The van der Waals surface area contributed by atoms with Crippen molar-refractivity contribution in [1.29, 1.82) is 0 Å². The molecule has 0 spiro atoms. The van der Waals surface area contributed by atoms with Crippen molar-refractivity contribution >= 4 is 17.7 Å². The minimum Gasteiger partial charge on any atom is -0.444 e. The molecule has 3 nitrogen and oxygen atoms in total. The molecule has 0 aliphatic rings. The molecule has 2 rings (SSSR count). The fraction of sp³-hybridized carbons (Fsp3) is 0.333. The lowest BCUT2D eigenvalue weighted by molar-refractivity contribution is 0.574. The zero-order valence-corrected chi connectivity index (χ0v) is 11.9. The van der Waals surface area contributed by atoms with Gasteiger partial charge in [0.1, 0.15) is 6.26 Å². The van der Waals surface area contributed by atoms with Gasteiger partial charge in [0.2, 0.25) is 5.89 Å². The summed E-state index contributed by atoms with van der Waals surface area (Å²) in [7, 11) is 0. The van der Waals surface area contributed by atoms with Crippen LogP contribution in [0.25, 0.3) is 17.5 Å². The molecule has 0 fully saturated rings. The van der Waals surface area contributed by atoms with E-state index < -0.39 is 0 Å². The molecule has 0 saturated carbocycles. The summed E-state index contributed by atoms with van der Waals surface area (Å²) in [4.78, 5) is 8.47. The third-order valence-corrected chi connectivity index (χ3v) is 3.33. The van der Waals surface area contributed by atoms with Gasteiger partial charge in [-0.15, -0.1) is 0 Å². The number of aromatic nitrogens is 2. The molecule has 0 aliphatic heterocycles. The van der Waals surface area contributed by atoms with E-state index in [9.17, 15) is 0 Å². The van der Waals surface area contributed by atoms with Crippen molar-refractivity contribution in [2.45, 2.75) is 33.1 Å². The SMILES string of the molecule is CCCC/C=C\c1c(C)ncc(-c2ncco2)c1Cl. The van der Waals surface area contributed by atoms with E-state index in [0.29, 0.717) is 10.9 Å². The number of allylic oxidation sites excluding steroid dienone is 1. The van der Waals surface area contributed by atoms with Gasteiger partial charge in [-0.25, -0.2) is 4.98 Å². The average Bonchev–Trinajstić information content (AvgIpc) is 2.91. The molecule has 0 aliphatic carbocycles. The second-order valence-corrected chi connectivity index (χ2v) is 4.74. The molecule has 0 atom stereocenters. The molecular weight excluding hydrogens is 260 g/mol. The lowest BCUT2D eigenvalue weighted by Gasteiger charge is -2.06.